The SMILES string of the molecule is CC(C)(C)c1cc(=O)n(CC2CCN(S(C)(=O)=O)CC2)cn1. The molecular weight excluding hydrogens is 302 g/mol. The van der Waals surface area contributed by atoms with Gasteiger partial charge in [-0.3, -0.25) is 9.36 Å². The third-order valence-corrected chi connectivity index (χ3v) is 5.45. The van der Waals surface area contributed by atoms with Crippen LogP contribution in [0.25, 0.3) is 0 Å². The van der Waals surface area contributed by atoms with E-state index in [1.54, 1.807) is 17.0 Å². The quantitative estimate of drug-likeness (QED) is 0.836. The van der Waals surface area contributed by atoms with E-state index in [1.165, 1.54) is 10.6 Å². The molecule has 0 atom stereocenters. The summed E-state index contributed by atoms with van der Waals surface area (Å²) in [5.74, 6) is 0.318. The smallest absolute Gasteiger partial charge is 0.253 e. The first-order valence-electron chi connectivity index (χ1n) is 7.59. The summed E-state index contributed by atoms with van der Waals surface area (Å²) in [6.07, 6.45) is 4.42. The summed E-state index contributed by atoms with van der Waals surface area (Å²) in [4.78, 5) is 16.6. The Bertz CT molecular complexity index is 681. The van der Waals surface area contributed by atoms with Gasteiger partial charge in [0.25, 0.3) is 5.56 Å². The molecule has 0 aromatic carbocycles. The van der Waals surface area contributed by atoms with Gasteiger partial charge in [-0.15, -0.1) is 0 Å². The highest BCUT2D eigenvalue weighted by atomic mass is 32.2. The van der Waals surface area contributed by atoms with Gasteiger partial charge in [-0.25, -0.2) is 17.7 Å². The average Bonchev–Trinajstić information content (AvgIpc) is 2.39. The Morgan fingerprint density at radius 3 is 2.32 bits per heavy atom. The highest BCUT2D eigenvalue weighted by Gasteiger charge is 2.25. The maximum atomic E-state index is 12.2. The van der Waals surface area contributed by atoms with E-state index in [4.69, 9.17) is 0 Å². The van der Waals surface area contributed by atoms with Gasteiger partial charge in [0.2, 0.25) is 10.0 Å². The maximum Gasteiger partial charge on any atom is 0.253 e. The fraction of sp³-hybridized carbons (Fsp3) is 0.733. The molecule has 7 heteroatoms. The van der Waals surface area contributed by atoms with Crippen LogP contribution in [0.2, 0.25) is 0 Å². The minimum atomic E-state index is -3.10. The molecule has 0 bridgehead atoms. The summed E-state index contributed by atoms with van der Waals surface area (Å²) in [5.41, 5.74) is 0.616. The Balaban J connectivity index is 2.03. The minimum Gasteiger partial charge on any atom is -0.299 e. The van der Waals surface area contributed by atoms with Crippen LogP contribution in [0.4, 0.5) is 0 Å². The molecule has 0 radical (unpaired) electrons. The molecule has 1 aromatic heterocycles. The first-order valence-corrected chi connectivity index (χ1v) is 9.44. The van der Waals surface area contributed by atoms with Crippen LogP contribution in [0.1, 0.15) is 39.3 Å². The third kappa shape index (κ3) is 4.16. The van der Waals surface area contributed by atoms with Gasteiger partial charge in [-0.05, 0) is 18.8 Å². The summed E-state index contributed by atoms with van der Waals surface area (Å²) < 4.78 is 26.1. The molecule has 0 amide bonds. The zero-order chi connectivity index (χ0) is 16.5. The second kappa shape index (κ2) is 6.12. The number of hydrogen-bond donors (Lipinski definition) is 0. The van der Waals surface area contributed by atoms with Crippen molar-refractivity contribution in [2.75, 3.05) is 19.3 Å². The molecule has 0 aliphatic carbocycles. The molecule has 2 heterocycles. The molecule has 6 nitrogen and oxygen atoms in total. The molecule has 0 N–H and O–H groups in total. The second-order valence-corrected chi connectivity index (χ2v) is 9.10. The summed E-state index contributed by atoms with van der Waals surface area (Å²) in [6, 6.07) is 1.60. The number of piperidine rings is 1. The predicted molar refractivity (Wildman–Crippen MR) is 86.3 cm³/mol. The van der Waals surface area contributed by atoms with Gasteiger partial charge in [0, 0.05) is 31.1 Å². The molecule has 0 unspecified atom stereocenters. The van der Waals surface area contributed by atoms with E-state index in [1.807, 2.05) is 20.8 Å². The van der Waals surface area contributed by atoms with Gasteiger partial charge in [0.15, 0.2) is 0 Å². The molecule has 22 heavy (non-hydrogen) atoms. The van der Waals surface area contributed by atoms with Crippen LogP contribution in [-0.4, -0.2) is 41.6 Å². The summed E-state index contributed by atoms with van der Waals surface area (Å²) in [7, 11) is -3.10. The lowest BCUT2D eigenvalue weighted by Crippen LogP contribution is -2.39. The van der Waals surface area contributed by atoms with Crippen LogP contribution < -0.4 is 5.56 Å². The molecule has 1 fully saturated rings. The van der Waals surface area contributed by atoms with E-state index in [2.05, 4.69) is 4.98 Å². The normalized spacial score (nSPS) is 18.5. The van der Waals surface area contributed by atoms with Crippen LogP contribution >= 0.6 is 0 Å². The fourth-order valence-corrected chi connectivity index (χ4v) is 3.55. The van der Waals surface area contributed by atoms with Crippen LogP contribution in [0.3, 0.4) is 0 Å². The van der Waals surface area contributed by atoms with Crippen molar-refractivity contribution in [1.29, 1.82) is 0 Å². The zero-order valence-electron chi connectivity index (χ0n) is 13.7. The van der Waals surface area contributed by atoms with Crippen molar-refractivity contribution < 1.29 is 8.42 Å². The summed E-state index contributed by atoms with van der Waals surface area (Å²) in [6.45, 7) is 7.76. The van der Waals surface area contributed by atoms with Crippen LogP contribution in [-0.2, 0) is 22.0 Å². The van der Waals surface area contributed by atoms with Crippen LogP contribution in [0, 0.1) is 5.92 Å². The first-order chi connectivity index (χ1) is 10.1. The Morgan fingerprint density at radius 2 is 1.86 bits per heavy atom. The van der Waals surface area contributed by atoms with E-state index in [9.17, 15) is 13.2 Å². The van der Waals surface area contributed by atoms with E-state index in [0.717, 1.165) is 18.5 Å². The Labute approximate surface area is 132 Å². The van der Waals surface area contributed by atoms with Gasteiger partial charge >= 0.3 is 0 Å². The zero-order valence-corrected chi connectivity index (χ0v) is 14.6. The summed E-state index contributed by atoms with van der Waals surface area (Å²) in [5, 5.41) is 0. The average molecular weight is 327 g/mol. The highest BCUT2D eigenvalue weighted by molar-refractivity contribution is 7.88. The van der Waals surface area contributed by atoms with Crippen molar-refractivity contribution in [3.8, 4) is 0 Å². The molecule has 0 saturated carbocycles. The summed E-state index contributed by atoms with van der Waals surface area (Å²) >= 11 is 0. The lowest BCUT2D eigenvalue weighted by molar-refractivity contribution is 0.251. The largest absolute Gasteiger partial charge is 0.299 e. The highest BCUT2D eigenvalue weighted by Crippen LogP contribution is 2.21. The van der Waals surface area contributed by atoms with Gasteiger partial charge in [0.1, 0.15) is 0 Å². The molecule has 1 saturated heterocycles. The van der Waals surface area contributed by atoms with E-state index >= 15 is 0 Å². The molecule has 1 aliphatic rings. The third-order valence-electron chi connectivity index (χ3n) is 4.15. The topological polar surface area (TPSA) is 72.3 Å². The first kappa shape index (κ1) is 17.1. The van der Waals surface area contributed by atoms with Crippen LogP contribution in [0.5, 0.6) is 0 Å². The number of aromatic nitrogens is 2. The number of nitrogens with zero attached hydrogens (tertiary/aromatic N) is 3. The van der Waals surface area contributed by atoms with Crippen molar-refractivity contribution in [3.63, 3.8) is 0 Å². The minimum absolute atomic E-state index is 0.0366. The van der Waals surface area contributed by atoms with E-state index in [0.29, 0.717) is 25.6 Å². The fourth-order valence-electron chi connectivity index (χ4n) is 2.67. The lowest BCUT2D eigenvalue weighted by Gasteiger charge is -2.30. The van der Waals surface area contributed by atoms with Crippen LogP contribution in [0.15, 0.2) is 17.2 Å². The molecule has 1 aliphatic heterocycles. The number of sulfonamides is 1. The van der Waals surface area contributed by atoms with Crippen molar-refractivity contribution in [3.05, 3.63) is 28.4 Å². The Kier molecular flexibility index (Phi) is 4.77. The monoisotopic (exact) mass is 327 g/mol. The molecule has 2 rings (SSSR count). The number of hydrogen-bond acceptors (Lipinski definition) is 4. The second-order valence-electron chi connectivity index (χ2n) is 7.12. The van der Waals surface area contributed by atoms with Gasteiger partial charge in [-0.1, -0.05) is 20.8 Å². The van der Waals surface area contributed by atoms with Crippen molar-refractivity contribution in [1.82, 2.24) is 13.9 Å². The number of rotatable bonds is 3. The molecular formula is C15H25N3O3S. The van der Waals surface area contributed by atoms with Gasteiger partial charge in [0.05, 0.1) is 18.3 Å². The van der Waals surface area contributed by atoms with Crippen molar-refractivity contribution >= 4 is 10.0 Å². The Morgan fingerprint density at radius 1 is 1.27 bits per heavy atom. The molecule has 1 aromatic rings. The Hall–Kier alpha value is -1.21. The standard InChI is InChI=1S/C15H25N3O3S/c1-15(2,3)13-9-14(19)17(11-16-13)10-12-5-7-18(8-6-12)22(4,20)21/h9,11-12H,5-8,10H2,1-4H3. The lowest BCUT2D eigenvalue weighted by atomic mass is 9.92. The van der Waals surface area contributed by atoms with E-state index < -0.39 is 10.0 Å². The maximum absolute atomic E-state index is 12.2. The van der Waals surface area contributed by atoms with Crippen molar-refractivity contribution in [2.45, 2.75) is 45.6 Å². The van der Waals surface area contributed by atoms with Crippen molar-refractivity contribution in [2.24, 2.45) is 5.92 Å². The molecule has 0 spiro atoms. The van der Waals surface area contributed by atoms with Gasteiger partial charge in [-0.2, -0.15) is 0 Å². The predicted octanol–water partition coefficient (Wildman–Crippen LogP) is 1.21. The van der Waals surface area contributed by atoms with E-state index in [-0.39, 0.29) is 11.0 Å². The van der Waals surface area contributed by atoms with Gasteiger partial charge < -0.3 is 0 Å². The molecule has 124 valence electrons.